The van der Waals surface area contributed by atoms with E-state index in [1.165, 1.54) is 18.2 Å². The van der Waals surface area contributed by atoms with Gasteiger partial charge in [0.05, 0.1) is 10.7 Å². The summed E-state index contributed by atoms with van der Waals surface area (Å²) >= 11 is 11.6. The summed E-state index contributed by atoms with van der Waals surface area (Å²) in [4.78, 5) is 4.01. The topological polar surface area (TPSA) is 24.9 Å². The van der Waals surface area contributed by atoms with E-state index in [1.54, 1.807) is 18.2 Å². The molecule has 1 aromatic heterocycles. The largest absolute Gasteiger partial charge is 0.339 e. The van der Waals surface area contributed by atoms with Gasteiger partial charge in [-0.25, -0.2) is 9.37 Å². The molecule has 1 heterocycles. The molecule has 2 nitrogen and oxygen atoms in total. The third kappa shape index (κ3) is 2.62. The quantitative estimate of drug-likeness (QED) is 0.812. The van der Waals surface area contributed by atoms with E-state index < -0.39 is 0 Å². The molecular weight excluding hydrogens is 250 g/mol. The minimum absolute atomic E-state index is 0.359. The minimum Gasteiger partial charge on any atom is -0.339 e. The van der Waals surface area contributed by atoms with Crippen molar-refractivity contribution in [1.82, 2.24) is 4.98 Å². The van der Waals surface area contributed by atoms with Crippen molar-refractivity contribution in [2.75, 3.05) is 5.32 Å². The number of nitrogens with one attached hydrogen (secondary N) is 1. The Labute approximate surface area is 102 Å². The molecule has 0 amide bonds. The van der Waals surface area contributed by atoms with Gasteiger partial charge < -0.3 is 5.32 Å². The summed E-state index contributed by atoms with van der Waals surface area (Å²) in [7, 11) is 0. The Morgan fingerprint density at radius 3 is 2.69 bits per heavy atom. The van der Waals surface area contributed by atoms with Crippen LogP contribution in [0.3, 0.4) is 0 Å². The molecule has 1 aromatic carbocycles. The number of aromatic nitrogens is 1. The fraction of sp³-hybridized carbons (Fsp3) is 0. The van der Waals surface area contributed by atoms with Crippen LogP contribution < -0.4 is 5.32 Å². The Bertz CT molecular complexity index is 517. The summed E-state index contributed by atoms with van der Waals surface area (Å²) in [6, 6.07) is 9.17. The molecule has 2 rings (SSSR count). The maximum absolute atomic E-state index is 13.0. The first kappa shape index (κ1) is 11.2. The Kier molecular flexibility index (Phi) is 3.27. The van der Waals surface area contributed by atoms with Gasteiger partial charge in [-0.1, -0.05) is 29.3 Å². The van der Waals surface area contributed by atoms with E-state index in [2.05, 4.69) is 10.3 Å². The number of hydrogen-bond donors (Lipinski definition) is 1. The number of rotatable bonds is 2. The van der Waals surface area contributed by atoms with E-state index in [0.717, 1.165) is 0 Å². The molecule has 0 radical (unpaired) electrons. The first-order valence-electron chi connectivity index (χ1n) is 4.50. The lowest BCUT2D eigenvalue weighted by Crippen LogP contribution is -1.94. The maximum atomic E-state index is 13.0. The highest BCUT2D eigenvalue weighted by Gasteiger charge is 2.03. The van der Waals surface area contributed by atoms with E-state index in [4.69, 9.17) is 23.2 Å². The van der Waals surface area contributed by atoms with Crippen LogP contribution in [0.2, 0.25) is 10.2 Å². The number of hydrogen-bond acceptors (Lipinski definition) is 2. The molecule has 0 aliphatic rings. The van der Waals surface area contributed by atoms with Gasteiger partial charge in [0.1, 0.15) is 16.8 Å². The van der Waals surface area contributed by atoms with E-state index >= 15 is 0 Å². The number of benzene rings is 1. The van der Waals surface area contributed by atoms with Gasteiger partial charge in [0.15, 0.2) is 0 Å². The Hall–Kier alpha value is -1.32. The second-order valence-electron chi connectivity index (χ2n) is 3.09. The summed E-state index contributed by atoms with van der Waals surface area (Å²) in [6.07, 6.45) is 0. The average Bonchev–Trinajstić information content (AvgIpc) is 2.24. The Morgan fingerprint density at radius 1 is 1.12 bits per heavy atom. The summed E-state index contributed by atoms with van der Waals surface area (Å²) in [5, 5.41) is 3.66. The molecule has 1 N–H and O–H groups in total. The van der Waals surface area contributed by atoms with Crippen molar-refractivity contribution in [3.8, 4) is 0 Å². The van der Waals surface area contributed by atoms with Crippen LogP contribution in [0.1, 0.15) is 0 Å². The Balaban J connectivity index is 2.30. The molecule has 0 spiro atoms. The second-order valence-corrected chi connectivity index (χ2v) is 3.89. The molecule has 0 saturated carbocycles. The van der Waals surface area contributed by atoms with Crippen molar-refractivity contribution in [2.24, 2.45) is 0 Å². The third-order valence-electron chi connectivity index (χ3n) is 1.91. The average molecular weight is 257 g/mol. The molecule has 16 heavy (non-hydrogen) atoms. The highest BCUT2D eigenvalue weighted by Crippen LogP contribution is 2.25. The standard InChI is InChI=1S/C11H7Cl2FN2/c12-8-5-4-7(14)6-9(8)15-11-3-1-2-10(13)16-11/h1-6H,(H,15,16). The van der Waals surface area contributed by atoms with Crippen molar-refractivity contribution >= 4 is 34.7 Å². The number of nitrogens with zero attached hydrogens (tertiary/aromatic N) is 1. The zero-order valence-corrected chi connectivity index (χ0v) is 9.56. The zero-order valence-electron chi connectivity index (χ0n) is 8.05. The molecule has 0 bridgehead atoms. The summed E-state index contributed by atoms with van der Waals surface area (Å²) in [5.74, 6) is 0.147. The Morgan fingerprint density at radius 2 is 1.94 bits per heavy atom. The highest BCUT2D eigenvalue weighted by atomic mass is 35.5. The molecule has 82 valence electrons. The second kappa shape index (κ2) is 4.68. The van der Waals surface area contributed by atoms with Gasteiger partial charge in [-0.3, -0.25) is 0 Å². The molecule has 0 unspecified atom stereocenters. The lowest BCUT2D eigenvalue weighted by molar-refractivity contribution is 0.628. The summed E-state index contributed by atoms with van der Waals surface area (Å²) < 4.78 is 13.0. The first-order valence-corrected chi connectivity index (χ1v) is 5.25. The number of anilines is 2. The van der Waals surface area contributed by atoms with Gasteiger partial charge in [0, 0.05) is 0 Å². The maximum Gasteiger partial charge on any atom is 0.132 e. The molecular formula is C11H7Cl2FN2. The third-order valence-corrected chi connectivity index (χ3v) is 2.45. The van der Waals surface area contributed by atoms with Gasteiger partial charge in [0.2, 0.25) is 0 Å². The highest BCUT2D eigenvalue weighted by molar-refractivity contribution is 6.33. The molecule has 0 fully saturated rings. The smallest absolute Gasteiger partial charge is 0.132 e. The molecule has 0 atom stereocenters. The van der Waals surface area contributed by atoms with Gasteiger partial charge in [-0.2, -0.15) is 0 Å². The lowest BCUT2D eigenvalue weighted by atomic mass is 10.3. The van der Waals surface area contributed by atoms with E-state index in [1.807, 2.05) is 0 Å². The van der Waals surface area contributed by atoms with E-state index in [0.29, 0.717) is 21.7 Å². The van der Waals surface area contributed by atoms with E-state index in [9.17, 15) is 4.39 Å². The minimum atomic E-state index is -0.367. The molecule has 0 saturated heterocycles. The molecule has 2 aromatic rings. The van der Waals surface area contributed by atoms with Crippen molar-refractivity contribution in [1.29, 1.82) is 0 Å². The summed E-state index contributed by atoms with van der Waals surface area (Å²) in [5.41, 5.74) is 0.455. The van der Waals surface area contributed by atoms with Crippen molar-refractivity contribution in [3.05, 3.63) is 52.4 Å². The molecule has 0 aliphatic carbocycles. The van der Waals surface area contributed by atoms with Crippen molar-refractivity contribution in [3.63, 3.8) is 0 Å². The zero-order chi connectivity index (χ0) is 11.5. The normalized spacial score (nSPS) is 10.2. The van der Waals surface area contributed by atoms with Crippen LogP contribution in [0.5, 0.6) is 0 Å². The number of halogens is 3. The van der Waals surface area contributed by atoms with Crippen LogP contribution in [-0.4, -0.2) is 4.98 Å². The van der Waals surface area contributed by atoms with Crippen LogP contribution in [0, 0.1) is 5.82 Å². The first-order chi connectivity index (χ1) is 7.65. The van der Waals surface area contributed by atoms with Crippen LogP contribution in [0.25, 0.3) is 0 Å². The monoisotopic (exact) mass is 256 g/mol. The van der Waals surface area contributed by atoms with Crippen LogP contribution in [0.4, 0.5) is 15.9 Å². The fourth-order valence-corrected chi connectivity index (χ4v) is 1.54. The van der Waals surface area contributed by atoms with Gasteiger partial charge in [0.25, 0.3) is 0 Å². The lowest BCUT2D eigenvalue weighted by Gasteiger charge is -2.07. The van der Waals surface area contributed by atoms with Crippen molar-refractivity contribution < 1.29 is 4.39 Å². The van der Waals surface area contributed by atoms with Crippen LogP contribution in [-0.2, 0) is 0 Å². The summed E-state index contributed by atoms with van der Waals surface area (Å²) in [6.45, 7) is 0. The molecule has 0 aliphatic heterocycles. The molecule has 5 heteroatoms. The predicted molar refractivity (Wildman–Crippen MR) is 63.9 cm³/mol. The van der Waals surface area contributed by atoms with E-state index in [-0.39, 0.29) is 5.82 Å². The van der Waals surface area contributed by atoms with Crippen molar-refractivity contribution in [2.45, 2.75) is 0 Å². The van der Waals surface area contributed by atoms with Gasteiger partial charge >= 0.3 is 0 Å². The van der Waals surface area contributed by atoms with Gasteiger partial charge in [-0.05, 0) is 30.3 Å². The van der Waals surface area contributed by atoms with Crippen LogP contribution in [0.15, 0.2) is 36.4 Å². The van der Waals surface area contributed by atoms with Gasteiger partial charge in [-0.15, -0.1) is 0 Å². The fourth-order valence-electron chi connectivity index (χ4n) is 1.21. The predicted octanol–water partition coefficient (Wildman–Crippen LogP) is 4.27. The van der Waals surface area contributed by atoms with Crippen LogP contribution >= 0.6 is 23.2 Å². The SMILES string of the molecule is Fc1ccc(Cl)c(Nc2cccc(Cl)n2)c1. The number of pyridine rings is 1.